The van der Waals surface area contributed by atoms with Crippen molar-refractivity contribution in [3.63, 3.8) is 0 Å². The number of carbonyl (C=O) groups is 1. The summed E-state index contributed by atoms with van der Waals surface area (Å²) in [5.74, 6) is -1.000. The summed E-state index contributed by atoms with van der Waals surface area (Å²) in [7, 11) is -4.98. The van der Waals surface area contributed by atoms with Crippen LogP contribution in [0.4, 0.5) is 0 Å². The molecule has 0 aromatic heterocycles. The Kier molecular flexibility index (Phi) is 14.3. The number of carbonyl (C=O) groups excluding carboxylic acids is 1. The van der Waals surface area contributed by atoms with Gasteiger partial charge in [0.25, 0.3) is 7.82 Å². The van der Waals surface area contributed by atoms with Crippen LogP contribution in [-0.2, 0) is 18.6 Å². The maximum absolute atomic E-state index is 11.5. The third kappa shape index (κ3) is 11.2. The number of ether oxygens (including phenoxy) is 1. The Bertz CT molecular complexity index is 683. The molecule has 0 bridgehead atoms. The van der Waals surface area contributed by atoms with Crippen LogP contribution in [0.15, 0.2) is 48.6 Å². The summed E-state index contributed by atoms with van der Waals surface area (Å²) in [6, 6.07) is 0. The molecule has 0 saturated heterocycles. The maximum Gasteiger partial charge on any atom is 1.00 e. The molecule has 1 heterocycles. The summed E-state index contributed by atoms with van der Waals surface area (Å²) in [4.78, 5) is 32.0. The Labute approximate surface area is 201 Å². The Morgan fingerprint density at radius 3 is 2.50 bits per heavy atom. The zero-order valence-electron chi connectivity index (χ0n) is 18.4. The zero-order chi connectivity index (χ0) is 22.0. The van der Waals surface area contributed by atoms with E-state index in [1.165, 1.54) is 12.2 Å². The van der Waals surface area contributed by atoms with E-state index in [-0.39, 0.29) is 53.9 Å². The molecule has 0 fully saturated rings. The van der Waals surface area contributed by atoms with Crippen LogP contribution in [0.1, 0.15) is 40.5 Å². The number of hydrogen-bond acceptors (Lipinski definition) is 6. The fourth-order valence-electron chi connectivity index (χ4n) is 3.24. The van der Waals surface area contributed by atoms with E-state index in [0.717, 1.165) is 0 Å². The first-order valence-corrected chi connectivity index (χ1v) is 11.3. The number of rotatable bonds is 11. The summed E-state index contributed by atoms with van der Waals surface area (Å²) in [5.41, 5.74) is 0. The summed E-state index contributed by atoms with van der Waals surface area (Å²) in [5, 5.41) is 10.4. The van der Waals surface area contributed by atoms with Crippen LogP contribution in [0.3, 0.4) is 0 Å². The summed E-state index contributed by atoms with van der Waals surface area (Å²) in [6.45, 7) is 7.39. The van der Waals surface area contributed by atoms with Crippen molar-refractivity contribution in [2.24, 2.45) is 17.8 Å². The van der Waals surface area contributed by atoms with Crippen molar-refractivity contribution in [3.05, 3.63) is 48.6 Å². The molecular weight excluding hydrogens is 418 g/mol. The predicted octanol–water partition coefficient (Wildman–Crippen LogP) is 0.0558. The standard InChI is InChI=1S/C21H33O7P.Na/c1-5-6-7-8-9-10-18(22)17(4)19(28-29(24,25)26)13-11-15(2)21-16(3)12-14-20(23)27-21;/h5-10,12,14-19,21-22H,11,13H2,1-4H3,(H2,24,25,26);/q;+1/p-1/b6-5+,8-7-,10-9-;/t15-,16-,17-,18-,19-,21-;/m0./s1. The Morgan fingerprint density at radius 1 is 1.27 bits per heavy atom. The third-order valence-electron chi connectivity index (χ3n) is 5.00. The minimum atomic E-state index is -4.98. The van der Waals surface area contributed by atoms with Gasteiger partial charge in [-0.1, -0.05) is 63.3 Å². The molecule has 7 nitrogen and oxygen atoms in total. The van der Waals surface area contributed by atoms with Crippen LogP contribution in [0.25, 0.3) is 0 Å². The molecule has 1 aliphatic rings. The monoisotopic (exact) mass is 450 g/mol. The predicted molar refractivity (Wildman–Crippen MR) is 110 cm³/mol. The summed E-state index contributed by atoms with van der Waals surface area (Å²) < 4.78 is 21.5. The van der Waals surface area contributed by atoms with Crippen molar-refractivity contribution in [1.29, 1.82) is 0 Å². The van der Waals surface area contributed by atoms with Gasteiger partial charge in [-0.3, -0.25) is 4.57 Å². The second kappa shape index (κ2) is 14.5. The van der Waals surface area contributed by atoms with Crippen LogP contribution in [0.5, 0.6) is 0 Å². The molecule has 0 aliphatic carbocycles. The fraction of sp³-hybridized carbons (Fsp3) is 0.571. The van der Waals surface area contributed by atoms with Gasteiger partial charge >= 0.3 is 35.5 Å². The van der Waals surface area contributed by atoms with Crippen LogP contribution in [-0.4, -0.2) is 34.3 Å². The first kappa shape index (κ1) is 29.5. The Hall–Kier alpha value is -0.500. The normalized spacial score (nSPS) is 25.6. The number of hydrogen-bond donors (Lipinski definition) is 2. The molecule has 0 aromatic rings. The maximum atomic E-state index is 11.5. The zero-order valence-corrected chi connectivity index (χ0v) is 21.3. The molecule has 1 rings (SSSR count). The molecule has 0 saturated carbocycles. The number of phosphoric ester groups is 1. The second-order valence-electron chi connectivity index (χ2n) is 7.43. The van der Waals surface area contributed by atoms with Crippen molar-refractivity contribution in [1.82, 2.24) is 0 Å². The molecule has 0 radical (unpaired) electrons. The van der Waals surface area contributed by atoms with Crippen molar-refractivity contribution in [2.75, 3.05) is 0 Å². The summed E-state index contributed by atoms with van der Waals surface area (Å²) >= 11 is 0. The van der Waals surface area contributed by atoms with Gasteiger partial charge in [0, 0.05) is 17.9 Å². The number of cyclic esters (lactones) is 1. The average molecular weight is 450 g/mol. The molecule has 0 spiro atoms. The Morgan fingerprint density at radius 2 is 1.90 bits per heavy atom. The van der Waals surface area contributed by atoms with Crippen molar-refractivity contribution in [3.8, 4) is 0 Å². The molecule has 164 valence electrons. The number of esters is 1. The second-order valence-corrected chi connectivity index (χ2v) is 8.58. The van der Waals surface area contributed by atoms with E-state index in [1.54, 1.807) is 31.2 Å². The van der Waals surface area contributed by atoms with E-state index >= 15 is 0 Å². The van der Waals surface area contributed by atoms with Gasteiger partial charge in [-0.25, -0.2) is 4.79 Å². The van der Waals surface area contributed by atoms with Gasteiger partial charge in [0.1, 0.15) is 6.10 Å². The minimum Gasteiger partial charge on any atom is -0.756 e. The fourth-order valence-corrected chi connectivity index (χ4v) is 3.88. The molecule has 0 aromatic carbocycles. The third-order valence-corrected chi connectivity index (χ3v) is 5.54. The van der Waals surface area contributed by atoms with Gasteiger partial charge in [0.05, 0.1) is 12.2 Å². The van der Waals surface area contributed by atoms with E-state index in [4.69, 9.17) is 14.2 Å². The minimum absolute atomic E-state index is 0. The van der Waals surface area contributed by atoms with Crippen LogP contribution in [0, 0.1) is 17.8 Å². The van der Waals surface area contributed by atoms with Crippen LogP contribution < -0.4 is 34.5 Å². The molecule has 9 heteroatoms. The SMILES string of the molecule is C/C=C/C=C\C=C/[C@H](O)[C@H](C)[C@H](CC[C@H](C)[C@@H]1OC(=O)C=C[C@@H]1C)OP(=O)([O-])O.[Na+]. The van der Waals surface area contributed by atoms with E-state index < -0.39 is 31.9 Å². The topological polar surface area (TPSA) is 116 Å². The van der Waals surface area contributed by atoms with Gasteiger partial charge < -0.3 is 24.2 Å². The molecule has 0 amide bonds. The molecule has 1 unspecified atom stereocenters. The molecule has 30 heavy (non-hydrogen) atoms. The van der Waals surface area contributed by atoms with Crippen LogP contribution >= 0.6 is 7.82 Å². The Balaban J connectivity index is 0.00000841. The molecule has 2 N–H and O–H groups in total. The van der Waals surface area contributed by atoms with Crippen molar-refractivity contribution in [2.45, 2.75) is 58.8 Å². The first-order chi connectivity index (χ1) is 13.5. The molecule has 1 aliphatic heterocycles. The van der Waals surface area contributed by atoms with Crippen LogP contribution in [0.2, 0.25) is 0 Å². The van der Waals surface area contributed by atoms with E-state index in [9.17, 15) is 19.4 Å². The smallest absolute Gasteiger partial charge is 0.756 e. The van der Waals surface area contributed by atoms with Gasteiger partial charge in [0.2, 0.25) is 0 Å². The van der Waals surface area contributed by atoms with Crippen molar-refractivity contribution >= 4 is 13.8 Å². The van der Waals surface area contributed by atoms with E-state index in [2.05, 4.69) is 0 Å². The average Bonchev–Trinajstić information content (AvgIpc) is 2.64. The summed E-state index contributed by atoms with van der Waals surface area (Å²) in [6.07, 6.45) is 12.2. The van der Waals surface area contributed by atoms with Crippen molar-refractivity contribution < 1.29 is 63.1 Å². The largest absolute Gasteiger partial charge is 1.00 e. The number of aliphatic hydroxyl groups is 1. The van der Waals surface area contributed by atoms with E-state index in [1.807, 2.05) is 32.9 Å². The number of allylic oxidation sites excluding steroid dienone is 5. The van der Waals surface area contributed by atoms with E-state index in [0.29, 0.717) is 6.42 Å². The van der Waals surface area contributed by atoms with Gasteiger partial charge in [-0.05, 0) is 25.7 Å². The number of phosphoric acid groups is 1. The first-order valence-electron chi connectivity index (χ1n) is 9.80. The van der Waals surface area contributed by atoms with Gasteiger partial charge in [-0.2, -0.15) is 0 Å². The molecular formula is C21H32NaO7P. The van der Waals surface area contributed by atoms with Gasteiger partial charge in [-0.15, -0.1) is 0 Å². The number of aliphatic hydroxyl groups excluding tert-OH is 1. The quantitative estimate of drug-likeness (QED) is 0.198. The van der Waals surface area contributed by atoms with Gasteiger partial charge in [0.15, 0.2) is 0 Å². The molecule has 7 atom stereocenters.